The summed E-state index contributed by atoms with van der Waals surface area (Å²) in [6.07, 6.45) is 67.4. The molecule has 0 saturated carbocycles. The first kappa shape index (κ1) is 55.1. The number of hydrogen-bond donors (Lipinski definition) is 1. The molecule has 0 aromatic heterocycles. The molecule has 0 spiro atoms. The molecular weight excluding hydrogens is 729 g/mol. The Bertz CT molecular complexity index is 1030. The first-order chi connectivity index (χ1) is 28.5. The Balaban J connectivity index is 1.63. The molecule has 0 bridgehead atoms. The molecule has 58 heavy (non-hydrogen) atoms. The number of benzene rings is 1. The van der Waals surface area contributed by atoms with E-state index in [4.69, 9.17) is 4.55 Å². The molecule has 1 rings (SSSR count). The fraction of sp³-hybridized carbons (Fsp3) is 0.889. The fourth-order valence-electron chi connectivity index (χ4n) is 9.01. The van der Waals surface area contributed by atoms with Gasteiger partial charge in [0.25, 0.3) is 10.1 Å². The SMILES string of the molecule is CCCCCCCCCCCCCCCCCCCCCCCCCCCCCCCCCCCCCCCCCCCCCCCCc1ccc(S(=O)(=O)O)cc1. The van der Waals surface area contributed by atoms with Crippen LogP contribution in [-0.4, -0.2) is 13.0 Å². The average molecular weight is 831 g/mol. The zero-order valence-electron chi connectivity index (χ0n) is 39.2. The van der Waals surface area contributed by atoms with E-state index >= 15 is 0 Å². The van der Waals surface area contributed by atoms with Crippen LogP contribution in [0.15, 0.2) is 29.2 Å². The largest absolute Gasteiger partial charge is 0.294 e. The summed E-state index contributed by atoms with van der Waals surface area (Å²) in [5.74, 6) is 0. The van der Waals surface area contributed by atoms with Gasteiger partial charge in [0.05, 0.1) is 4.90 Å². The van der Waals surface area contributed by atoms with E-state index in [-0.39, 0.29) is 4.90 Å². The zero-order chi connectivity index (χ0) is 41.7. The lowest BCUT2D eigenvalue weighted by Crippen LogP contribution is -1.98. The van der Waals surface area contributed by atoms with Crippen molar-refractivity contribution in [2.24, 2.45) is 0 Å². The van der Waals surface area contributed by atoms with Crippen molar-refractivity contribution in [1.29, 1.82) is 0 Å². The summed E-state index contributed by atoms with van der Waals surface area (Å²) in [6, 6.07) is 6.63. The van der Waals surface area contributed by atoms with E-state index in [1.54, 1.807) is 0 Å². The molecule has 0 heterocycles. The third-order valence-corrected chi connectivity index (χ3v) is 13.9. The van der Waals surface area contributed by atoms with Gasteiger partial charge in [-0.25, -0.2) is 0 Å². The molecule has 4 heteroatoms. The van der Waals surface area contributed by atoms with Crippen molar-refractivity contribution in [2.75, 3.05) is 0 Å². The smallest absolute Gasteiger partial charge is 0.282 e. The molecule has 1 aromatic rings. The van der Waals surface area contributed by atoms with Crippen LogP contribution in [0.5, 0.6) is 0 Å². The summed E-state index contributed by atoms with van der Waals surface area (Å²) in [6.45, 7) is 2.31. The van der Waals surface area contributed by atoms with Crippen LogP contribution in [0.25, 0.3) is 0 Å². The predicted molar refractivity (Wildman–Crippen MR) is 258 cm³/mol. The van der Waals surface area contributed by atoms with Crippen molar-refractivity contribution in [1.82, 2.24) is 0 Å². The molecule has 0 fully saturated rings. The first-order valence-corrected chi connectivity index (χ1v) is 28.0. The average Bonchev–Trinajstić information content (AvgIpc) is 3.22. The molecule has 1 N–H and O–H groups in total. The zero-order valence-corrected chi connectivity index (χ0v) is 40.0. The van der Waals surface area contributed by atoms with Gasteiger partial charge in [-0.2, -0.15) is 8.42 Å². The van der Waals surface area contributed by atoms with Crippen LogP contribution in [0.4, 0.5) is 0 Å². The number of unbranched alkanes of at least 4 members (excludes halogenated alkanes) is 45. The molecule has 3 nitrogen and oxygen atoms in total. The van der Waals surface area contributed by atoms with Crippen LogP contribution < -0.4 is 0 Å². The summed E-state index contributed by atoms with van der Waals surface area (Å²) >= 11 is 0. The van der Waals surface area contributed by atoms with E-state index in [9.17, 15) is 8.42 Å². The number of rotatable bonds is 48. The highest BCUT2D eigenvalue weighted by Gasteiger charge is 2.08. The van der Waals surface area contributed by atoms with Gasteiger partial charge in [0.1, 0.15) is 0 Å². The molecule has 0 aliphatic rings. The van der Waals surface area contributed by atoms with Gasteiger partial charge < -0.3 is 0 Å². The monoisotopic (exact) mass is 831 g/mol. The summed E-state index contributed by atoms with van der Waals surface area (Å²) in [4.78, 5) is -0.0197. The second-order valence-corrected chi connectivity index (χ2v) is 20.2. The third kappa shape index (κ3) is 40.5. The van der Waals surface area contributed by atoms with Gasteiger partial charge in [-0.15, -0.1) is 0 Å². The summed E-state index contributed by atoms with van der Waals surface area (Å²) in [7, 11) is -4.08. The minimum Gasteiger partial charge on any atom is -0.282 e. The van der Waals surface area contributed by atoms with Crippen molar-refractivity contribution >= 4 is 10.1 Å². The number of hydrogen-bond acceptors (Lipinski definition) is 2. The lowest BCUT2D eigenvalue weighted by molar-refractivity contribution is 0.483. The predicted octanol–water partition coefficient (Wildman–Crippen LogP) is 19.4. The van der Waals surface area contributed by atoms with E-state index in [1.807, 2.05) is 12.1 Å². The highest BCUT2D eigenvalue weighted by atomic mass is 32.2. The Kier molecular flexibility index (Phi) is 42.0. The Hall–Kier alpha value is -0.870. The topological polar surface area (TPSA) is 54.4 Å². The van der Waals surface area contributed by atoms with E-state index in [2.05, 4.69) is 6.92 Å². The van der Waals surface area contributed by atoms with Gasteiger partial charge in [-0.05, 0) is 30.5 Å². The van der Waals surface area contributed by atoms with Crippen molar-refractivity contribution < 1.29 is 13.0 Å². The van der Waals surface area contributed by atoms with E-state index in [0.29, 0.717) is 0 Å². The Morgan fingerprint density at radius 1 is 0.293 bits per heavy atom. The molecule has 0 aliphatic carbocycles. The minimum absolute atomic E-state index is 0.0197. The van der Waals surface area contributed by atoms with Crippen LogP contribution in [0, 0.1) is 0 Å². The molecule has 342 valence electrons. The molecule has 0 amide bonds. The van der Waals surface area contributed by atoms with Crippen LogP contribution in [0.1, 0.15) is 308 Å². The standard InChI is InChI=1S/C54H102O3S/c1-2-3-4-5-6-7-8-9-10-11-12-13-14-15-16-17-18-19-20-21-22-23-24-25-26-27-28-29-30-31-32-33-34-35-36-37-38-39-40-41-42-43-44-45-46-47-48-53-49-51-54(52-50-53)58(55,56)57/h49-52H,2-48H2,1H3,(H,55,56,57). The van der Waals surface area contributed by atoms with Gasteiger partial charge in [-0.1, -0.05) is 308 Å². The van der Waals surface area contributed by atoms with Crippen LogP contribution >= 0.6 is 0 Å². The fourth-order valence-corrected chi connectivity index (χ4v) is 9.49. The lowest BCUT2D eigenvalue weighted by Gasteiger charge is -2.05. The molecule has 0 unspecified atom stereocenters. The highest BCUT2D eigenvalue weighted by Crippen LogP contribution is 2.19. The maximum atomic E-state index is 11.1. The van der Waals surface area contributed by atoms with Gasteiger partial charge in [0, 0.05) is 0 Å². The van der Waals surface area contributed by atoms with Crippen molar-refractivity contribution in [2.45, 2.75) is 314 Å². The van der Waals surface area contributed by atoms with Crippen LogP contribution in [-0.2, 0) is 16.5 Å². The molecule has 0 saturated heterocycles. The van der Waals surface area contributed by atoms with Crippen molar-refractivity contribution in [3.05, 3.63) is 29.8 Å². The summed E-state index contributed by atoms with van der Waals surface area (Å²) in [5, 5.41) is 0. The summed E-state index contributed by atoms with van der Waals surface area (Å²) in [5.41, 5.74) is 1.14. The maximum Gasteiger partial charge on any atom is 0.294 e. The molecule has 0 atom stereocenters. The number of aryl methyl sites for hydroxylation is 1. The highest BCUT2D eigenvalue weighted by molar-refractivity contribution is 7.85. The van der Waals surface area contributed by atoms with Gasteiger partial charge in [0.15, 0.2) is 0 Å². The molecule has 0 aliphatic heterocycles. The van der Waals surface area contributed by atoms with Gasteiger partial charge in [-0.3, -0.25) is 4.55 Å². The van der Waals surface area contributed by atoms with E-state index in [1.165, 1.54) is 301 Å². The molecular formula is C54H102O3S. The Labute approximate surface area is 365 Å². The van der Waals surface area contributed by atoms with Gasteiger partial charge >= 0.3 is 0 Å². The quantitative estimate of drug-likeness (QED) is 0.0526. The van der Waals surface area contributed by atoms with E-state index in [0.717, 1.165) is 18.4 Å². The van der Waals surface area contributed by atoms with Crippen LogP contribution in [0.3, 0.4) is 0 Å². The molecule has 0 radical (unpaired) electrons. The lowest BCUT2D eigenvalue weighted by atomic mass is 10.0. The van der Waals surface area contributed by atoms with Crippen LogP contribution in [0.2, 0.25) is 0 Å². The third-order valence-electron chi connectivity index (χ3n) is 13.0. The molecule has 1 aromatic carbocycles. The first-order valence-electron chi connectivity index (χ1n) is 26.6. The van der Waals surface area contributed by atoms with Gasteiger partial charge in [0.2, 0.25) is 0 Å². The van der Waals surface area contributed by atoms with E-state index < -0.39 is 10.1 Å². The van der Waals surface area contributed by atoms with Crippen molar-refractivity contribution in [3.8, 4) is 0 Å². The Morgan fingerprint density at radius 3 is 0.638 bits per heavy atom. The maximum absolute atomic E-state index is 11.1. The Morgan fingerprint density at radius 2 is 0.466 bits per heavy atom. The second kappa shape index (κ2) is 44.2. The minimum atomic E-state index is -4.08. The van der Waals surface area contributed by atoms with Crippen molar-refractivity contribution in [3.63, 3.8) is 0 Å². The summed E-state index contributed by atoms with van der Waals surface area (Å²) < 4.78 is 31.4. The second-order valence-electron chi connectivity index (χ2n) is 18.8. The normalized spacial score (nSPS) is 11.9.